The van der Waals surface area contributed by atoms with Crippen LogP contribution in [0.3, 0.4) is 0 Å². The minimum absolute atomic E-state index is 0.468. The van der Waals surface area contributed by atoms with Gasteiger partial charge in [-0.15, -0.1) is 11.6 Å². The molecule has 0 atom stereocenters. The van der Waals surface area contributed by atoms with Gasteiger partial charge in [0.2, 0.25) is 0 Å². The predicted molar refractivity (Wildman–Crippen MR) is 73.7 cm³/mol. The van der Waals surface area contributed by atoms with Crippen LogP contribution in [0.5, 0.6) is 0 Å². The maximum absolute atomic E-state index is 6.16. The first-order chi connectivity index (χ1) is 7.58. The number of benzene rings is 1. The molecule has 1 nitrogen and oxygen atoms in total. The van der Waals surface area contributed by atoms with Gasteiger partial charge in [0.1, 0.15) is 0 Å². The molecule has 1 rings (SSSR count). The normalized spacial score (nSPS) is 10.9. The number of rotatable bonds is 5. The summed E-state index contributed by atoms with van der Waals surface area (Å²) in [5.74, 6) is 1.11. The van der Waals surface area contributed by atoms with Crippen molar-refractivity contribution < 1.29 is 0 Å². The van der Waals surface area contributed by atoms with Crippen molar-refractivity contribution >= 4 is 28.9 Å². The Morgan fingerprint density at radius 1 is 1.31 bits per heavy atom. The van der Waals surface area contributed by atoms with Crippen molar-refractivity contribution in [2.75, 3.05) is 18.0 Å². The minimum Gasteiger partial charge on any atom is -0.372 e. The second kappa shape index (κ2) is 6.36. The largest absolute Gasteiger partial charge is 0.372 e. The lowest BCUT2D eigenvalue weighted by Gasteiger charge is -2.25. The summed E-state index contributed by atoms with van der Waals surface area (Å²) < 4.78 is 0. The second-order valence-corrected chi connectivity index (χ2v) is 5.02. The third kappa shape index (κ3) is 3.57. The molecular formula is C13H19Cl2N. The first-order valence-corrected chi connectivity index (χ1v) is 6.59. The van der Waals surface area contributed by atoms with Crippen LogP contribution in [-0.4, -0.2) is 13.1 Å². The third-order valence-electron chi connectivity index (χ3n) is 2.51. The standard InChI is InChI=1S/C13H19Cl2N/c1-4-16(9-10(2)3)12-6-5-11(8-14)13(15)7-12/h5-7,10H,4,8-9H2,1-3H3. The Morgan fingerprint density at radius 2 is 2.00 bits per heavy atom. The molecule has 0 heterocycles. The topological polar surface area (TPSA) is 3.24 Å². The predicted octanol–water partition coefficient (Wildman–Crippen LogP) is 4.56. The van der Waals surface area contributed by atoms with E-state index in [9.17, 15) is 0 Å². The number of hydrogen-bond donors (Lipinski definition) is 0. The highest BCUT2D eigenvalue weighted by Gasteiger charge is 2.08. The summed E-state index contributed by atoms with van der Waals surface area (Å²) in [5.41, 5.74) is 2.17. The number of alkyl halides is 1. The molecule has 0 N–H and O–H groups in total. The van der Waals surface area contributed by atoms with Crippen LogP contribution >= 0.6 is 23.2 Å². The highest BCUT2D eigenvalue weighted by atomic mass is 35.5. The van der Waals surface area contributed by atoms with Gasteiger partial charge in [0.25, 0.3) is 0 Å². The average molecular weight is 260 g/mol. The molecule has 0 saturated heterocycles. The van der Waals surface area contributed by atoms with Crippen LogP contribution in [-0.2, 0) is 5.88 Å². The SMILES string of the molecule is CCN(CC(C)C)c1ccc(CCl)c(Cl)c1. The quantitative estimate of drug-likeness (QED) is 0.701. The second-order valence-electron chi connectivity index (χ2n) is 4.34. The molecule has 0 bridgehead atoms. The summed E-state index contributed by atoms with van der Waals surface area (Å²) >= 11 is 11.9. The molecule has 0 radical (unpaired) electrons. The van der Waals surface area contributed by atoms with E-state index in [4.69, 9.17) is 23.2 Å². The van der Waals surface area contributed by atoms with E-state index in [1.165, 1.54) is 5.69 Å². The number of hydrogen-bond acceptors (Lipinski definition) is 1. The Morgan fingerprint density at radius 3 is 2.44 bits per heavy atom. The van der Waals surface area contributed by atoms with E-state index < -0.39 is 0 Å². The molecule has 90 valence electrons. The van der Waals surface area contributed by atoms with Gasteiger partial charge in [-0.2, -0.15) is 0 Å². The third-order valence-corrected chi connectivity index (χ3v) is 3.15. The molecule has 3 heteroatoms. The monoisotopic (exact) mass is 259 g/mol. The van der Waals surface area contributed by atoms with Crippen molar-refractivity contribution in [3.8, 4) is 0 Å². The van der Waals surface area contributed by atoms with Crippen molar-refractivity contribution in [1.82, 2.24) is 0 Å². The van der Waals surface area contributed by atoms with Gasteiger partial charge in [0, 0.05) is 29.7 Å². The van der Waals surface area contributed by atoms with E-state index in [-0.39, 0.29) is 0 Å². The van der Waals surface area contributed by atoms with E-state index in [0.29, 0.717) is 11.8 Å². The number of nitrogens with zero attached hydrogens (tertiary/aromatic N) is 1. The van der Waals surface area contributed by atoms with Crippen molar-refractivity contribution in [3.05, 3.63) is 28.8 Å². The van der Waals surface area contributed by atoms with Gasteiger partial charge in [-0.3, -0.25) is 0 Å². The highest BCUT2D eigenvalue weighted by Crippen LogP contribution is 2.25. The van der Waals surface area contributed by atoms with Crippen molar-refractivity contribution in [1.29, 1.82) is 0 Å². The lowest BCUT2D eigenvalue weighted by Crippen LogP contribution is -2.27. The molecule has 0 spiro atoms. The van der Waals surface area contributed by atoms with E-state index in [1.807, 2.05) is 12.1 Å². The van der Waals surface area contributed by atoms with Crippen molar-refractivity contribution in [2.45, 2.75) is 26.7 Å². The van der Waals surface area contributed by atoms with Crippen LogP contribution < -0.4 is 4.90 Å². The summed E-state index contributed by atoms with van der Waals surface area (Å²) in [6, 6.07) is 6.11. The Balaban J connectivity index is 2.89. The maximum Gasteiger partial charge on any atom is 0.0488 e. The average Bonchev–Trinajstić information content (AvgIpc) is 2.25. The fourth-order valence-corrected chi connectivity index (χ4v) is 2.24. The lowest BCUT2D eigenvalue weighted by molar-refractivity contribution is 0.619. The van der Waals surface area contributed by atoms with Gasteiger partial charge in [0.05, 0.1) is 0 Å². The Labute approximate surface area is 108 Å². The lowest BCUT2D eigenvalue weighted by atomic mass is 10.1. The minimum atomic E-state index is 0.468. The summed E-state index contributed by atoms with van der Waals surface area (Å²) in [7, 11) is 0. The molecule has 0 aromatic heterocycles. The zero-order chi connectivity index (χ0) is 12.1. The molecule has 0 saturated carbocycles. The van der Waals surface area contributed by atoms with Crippen LogP contribution in [0.4, 0.5) is 5.69 Å². The first-order valence-electron chi connectivity index (χ1n) is 5.67. The van der Waals surface area contributed by atoms with Crippen LogP contribution in [0.15, 0.2) is 18.2 Å². The summed E-state index contributed by atoms with van der Waals surface area (Å²) in [6.07, 6.45) is 0. The molecule has 0 aliphatic rings. The molecule has 1 aromatic rings. The molecule has 0 aliphatic carbocycles. The first kappa shape index (κ1) is 13.7. The van der Waals surface area contributed by atoms with Gasteiger partial charge in [-0.05, 0) is 30.5 Å². The molecule has 0 unspecified atom stereocenters. The van der Waals surface area contributed by atoms with Crippen molar-refractivity contribution in [2.24, 2.45) is 5.92 Å². The van der Waals surface area contributed by atoms with Crippen molar-refractivity contribution in [3.63, 3.8) is 0 Å². The fourth-order valence-electron chi connectivity index (χ4n) is 1.70. The number of halogens is 2. The molecule has 1 aromatic carbocycles. The van der Waals surface area contributed by atoms with Gasteiger partial charge in [-0.1, -0.05) is 31.5 Å². The van der Waals surface area contributed by atoms with Crippen LogP contribution in [0.25, 0.3) is 0 Å². The van der Waals surface area contributed by atoms with E-state index in [2.05, 4.69) is 31.7 Å². The van der Waals surface area contributed by atoms with E-state index >= 15 is 0 Å². The Bertz CT molecular complexity index is 337. The molecule has 0 fully saturated rings. The van der Waals surface area contributed by atoms with E-state index in [1.54, 1.807) is 0 Å². The van der Waals surface area contributed by atoms with Gasteiger partial charge in [-0.25, -0.2) is 0 Å². The number of anilines is 1. The molecular weight excluding hydrogens is 241 g/mol. The zero-order valence-corrected chi connectivity index (χ0v) is 11.6. The fraction of sp³-hybridized carbons (Fsp3) is 0.538. The van der Waals surface area contributed by atoms with Gasteiger partial charge in [0.15, 0.2) is 0 Å². The van der Waals surface area contributed by atoms with Crippen LogP contribution in [0.1, 0.15) is 26.3 Å². The van der Waals surface area contributed by atoms with Crippen LogP contribution in [0, 0.1) is 5.92 Å². The Kier molecular flexibility index (Phi) is 5.43. The van der Waals surface area contributed by atoms with Crippen LogP contribution in [0.2, 0.25) is 5.02 Å². The highest BCUT2D eigenvalue weighted by molar-refractivity contribution is 6.32. The summed E-state index contributed by atoms with van der Waals surface area (Å²) in [6.45, 7) is 8.64. The van der Waals surface area contributed by atoms with Gasteiger partial charge < -0.3 is 4.90 Å². The maximum atomic E-state index is 6.16. The molecule has 16 heavy (non-hydrogen) atoms. The summed E-state index contributed by atoms with van der Waals surface area (Å²) in [4.78, 5) is 2.33. The van der Waals surface area contributed by atoms with Gasteiger partial charge >= 0.3 is 0 Å². The zero-order valence-electron chi connectivity index (χ0n) is 10.1. The smallest absolute Gasteiger partial charge is 0.0488 e. The molecule has 0 amide bonds. The molecule has 0 aliphatic heterocycles. The summed E-state index contributed by atoms with van der Waals surface area (Å²) in [5, 5.41) is 0.759. The Hall–Kier alpha value is -0.400. The van der Waals surface area contributed by atoms with E-state index in [0.717, 1.165) is 23.7 Å².